The highest BCUT2D eigenvalue weighted by atomic mass is 32.2. The van der Waals surface area contributed by atoms with E-state index in [1.165, 1.54) is 50.9 Å². The van der Waals surface area contributed by atoms with Crippen molar-refractivity contribution in [3.63, 3.8) is 0 Å². The summed E-state index contributed by atoms with van der Waals surface area (Å²) in [6.07, 6.45) is 1.51. The number of rotatable bonds is 15. The average Bonchev–Trinajstić information content (AvgIpc) is 3.61. The molecule has 0 bridgehead atoms. The van der Waals surface area contributed by atoms with Crippen LogP contribution in [0, 0.1) is 0 Å². The quantitative estimate of drug-likeness (QED) is 0.0728. The lowest BCUT2D eigenvalue weighted by Gasteiger charge is -2.17. The van der Waals surface area contributed by atoms with Crippen LogP contribution < -0.4 is 30.2 Å². The maximum Gasteiger partial charge on any atom is 0.272 e. The van der Waals surface area contributed by atoms with Crippen LogP contribution in [0.5, 0.6) is 17.2 Å². The molecule has 5 rings (SSSR count). The first kappa shape index (κ1) is 37.0. The molecule has 14 heteroatoms. The predicted octanol–water partition coefficient (Wildman–Crippen LogP) is 7.56. The predicted molar refractivity (Wildman–Crippen MR) is 203 cm³/mol. The van der Waals surface area contributed by atoms with Gasteiger partial charge in [-0.25, -0.2) is 0 Å². The minimum Gasteiger partial charge on any atom is -0.496 e. The van der Waals surface area contributed by atoms with Crippen molar-refractivity contribution in [3.8, 4) is 17.2 Å². The molecule has 4 aromatic carbocycles. The molecule has 0 aliphatic heterocycles. The lowest BCUT2D eigenvalue weighted by molar-refractivity contribution is -0.116. The number of carbonyl (C=O) groups is 3. The third kappa shape index (κ3) is 9.90. The summed E-state index contributed by atoms with van der Waals surface area (Å²) in [5.41, 5.74) is 2.10. The normalized spacial score (nSPS) is 11.6. The second-order valence-corrected chi connectivity index (χ2v) is 13.7. The molecule has 0 saturated carbocycles. The highest BCUT2D eigenvalue weighted by molar-refractivity contribution is 8.00. The third-order valence-electron chi connectivity index (χ3n) is 7.18. The number of hydrogen-bond acceptors (Lipinski definition) is 11. The summed E-state index contributed by atoms with van der Waals surface area (Å²) in [5, 5.41) is 8.99. The Morgan fingerprint density at radius 1 is 0.824 bits per heavy atom. The van der Waals surface area contributed by atoms with Gasteiger partial charge in [0.15, 0.2) is 11.5 Å². The Bertz CT molecular complexity index is 1990. The average molecular weight is 742 g/mol. The first-order chi connectivity index (χ1) is 24.8. The van der Waals surface area contributed by atoms with E-state index in [2.05, 4.69) is 25.3 Å². The fourth-order valence-corrected chi connectivity index (χ4v) is 7.03. The Hall–Kier alpha value is -5.31. The molecule has 1 aromatic heterocycles. The molecule has 11 nitrogen and oxygen atoms in total. The number of thioether (sulfide) groups is 2. The van der Waals surface area contributed by atoms with Crippen molar-refractivity contribution >= 4 is 69.7 Å². The van der Waals surface area contributed by atoms with Gasteiger partial charge in [0, 0.05) is 39.3 Å². The molecule has 3 N–H and O–H groups in total. The summed E-state index contributed by atoms with van der Waals surface area (Å²) < 4.78 is 20.7. The number of nitrogens with zero attached hydrogens (tertiary/aromatic N) is 2. The first-order valence-corrected chi connectivity index (χ1v) is 18.2. The lowest BCUT2D eigenvalue weighted by atomic mass is 10.1. The minimum absolute atomic E-state index is 0.0363. The van der Waals surface area contributed by atoms with Crippen LogP contribution in [0.15, 0.2) is 113 Å². The van der Waals surface area contributed by atoms with Gasteiger partial charge in [-0.05, 0) is 59.9 Å². The number of nitrogens with one attached hydrogen (secondary N) is 3. The topological polar surface area (TPSA) is 141 Å². The van der Waals surface area contributed by atoms with Gasteiger partial charge in [0.1, 0.15) is 16.7 Å². The van der Waals surface area contributed by atoms with E-state index in [1.807, 2.05) is 49.4 Å². The number of aromatic nitrogens is 2. The minimum atomic E-state index is -0.586. The third-order valence-corrected chi connectivity index (χ3v) is 9.92. The van der Waals surface area contributed by atoms with E-state index in [1.54, 1.807) is 54.6 Å². The van der Waals surface area contributed by atoms with Gasteiger partial charge in [0.25, 0.3) is 11.8 Å². The van der Waals surface area contributed by atoms with Gasteiger partial charge >= 0.3 is 0 Å². The molecule has 1 atom stereocenters. The van der Waals surface area contributed by atoms with Crippen molar-refractivity contribution in [1.82, 2.24) is 14.7 Å². The Morgan fingerprint density at radius 2 is 1.47 bits per heavy atom. The van der Waals surface area contributed by atoms with Crippen LogP contribution in [-0.2, 0) is 9.59 Å². The van der Waals surface area contributed by atoms with Gasteiger partial charge < -0.3 is 24.8 Å². The standard InChI is InChI=1S/C37H35N5O6S3/c1-5-49-37-41-36(51-42-37)40-35(45)32(23-12-8-6-9-13-23)50-27-18-16-26(17-19-27)38-34(44)28(39-33(43)24-14-10-7-11-15-24)20-25-21-30(47-3)31(48-4)22-29(25)46-2/h6-22,32H,5H2,1-4H3,(H,38,44)(H,39,43)(H,40,41,42,45)/b28-20-. The molecule has 51 heavy (non-hydrogen) atoms. The Morgan fingerprint density at radius 3 is 2.12 bits per heavy atom. The molecule has 5 aromatic rings. The fourth-order valence-electron chi connectivity index (χ4n) is 4.74. The van der Waals surface area contributed by atoms with Crippen LogP contribution in [0.2, 0.25) is 0 Å². The molecule has 1 unspecified atom stereocenters. The van der Waals surface area contributed by atoms with Crippen molar-refractivity contribution in [1.29, 1.82) is 0 Å². The van der Waals surface area contributed by atoms with Crippen molar-refractivity contribution in [2.45, 2.75) is 22.2 Å². The summed E-state index contributed by atoms with van der Waals surface area (Å²) in [7, 11) is 4.50. The monoisotopic (exact) mass is 741 g/mol. The lowest BCUT2D eigenvalue weighted by Crippen LogP contribution is -2.30. The van der Waals surface area contributed by atoms with Gasteiger partial charge in [-0.3, -0.25) is 19.7 Å². The van der Waals surface area contributed by atoms with E-state index in [0.29, 0.717) is 44.4 Å². The van der Waals surface area contributed by atoms with Crippen LogP contribution in [0.4, 0.5) is 10.8 Å². The van der Waals surface area contributed by atoms with Crippen molar-refractivity contribution in [2.75, 3.05) is 37.7 Å². The number of anilines is 2. The van der Waals surface area contributed by atoms with Crippen LogP contribution in [0.1, 0.15) is 33.7 Å². The van der Waals surface area contributed by atoms with Crippen LogP contribution in [0.25, 0.3) is 6.08 Å². The summed E-state index contributed by atoms with van der Waals surface area (Å²) in [4.78, 5) is 45.7. The number of ether oxygens (including phenoxy) is 3. The van der Waals surface area contributed by atoms with Gasteiger partial charge in [0.2, 0.25) is 16.2 Å². The maximum atomic E-state index is 13.8. The maximum absolute atomic E-state index is 13.8. The van der Waals surface area contributed by atoms with E-state index >= 15 is 0 Å². The molecule has 0 aliphatic rings. The molecule has 0 aliphatic carbocycles. The SMILES string of the molecule is CCSc1nsc(NC(=O)C(Sc2ccc(NC(=O)/C(=C/c3cc(OC)c(OC)cc3OC)NC(=O)c3ccccc3)cc2)c2ccccc2)n1. The molecule has 0 saturated heterocycles. The zero-order valence-electron chi connectivity index (χ0n) is 28.2. The zero-order chi connectivity index (χ0) is 36.2. The summed E-state index contributed by atoms with van der Waals surface area (Å²) >= 11 is 4.01. The Kier molecular flexibility index (Phi) is 13.1. The van der Waals surface area contributed by atoms with Gasteiger partial charge in [-0.1, -0.05) is 67.2 Å². The van der Waals surface area contributed by atoms with E-state index in [0.717, 1.165) is 27.7 Å². The number of benzene rings is 4. The fraction of sp³-hybridized carbons (Fsp3) is 0.162. The van der Waals surface area contributed by atoms with Gasteiger partial charge in [-0.2, -0.15) is 9.36 Å². The highest BCUT2D eigenvalue weighted by Crippen LogP contribution is 2.38. The second-order valence-electron chi connectivity index (χ2n) is 10.5. The van der Waals surface area contributed by atoms with E-state index in [4.69, 9.17) is 14.2 Å². The molecule has 0 fully saturated rings. The smallest absolute Gasteiger partial charge is 0.272 e. The first-order valence-electron chi connectivity index (χ1n) is 15.6. The van der Waals surface area contributed by atoms with E-state index in [9.17, 15) is 14.4 Å². The van der Waals surface area contributed by atoms with Crippen LogP contribution in [-0.4, -0.2) is 54.2 Å². The summed E-state index contributed by atoms with van der Waals surface area (Å²) in [6.45, 7) is 2.01. The van der Waals surface area contributed by atoms with Gasteiger partial charge in [-0.15, -0.1) is 11.8 Å². The van der Waals surface area contributed by atoms with E-state index in [-0.39, 0.29) is 11.6 Å². The highest BCUT2D eigenvalue weighted by Gasteiger charge is 2.24. The number of hydrogen-bond donors (Lipinski definition) is 3. The van der Waals surface area contributed by atoms with Crippen molar-refractivity contribution in [3.05, 3.63) is 119 Å². The molecule has 0 radical (unpaired) electrons. The number of methoxy groups -OCH3 is 3. The molecular weight excluding hydrogens is 707 g/mol. The number of carbonyl (C=O) groups excluding carboxylic acids is 3. The van der Waals surface area contributed by atoms with Crippen LogP contribution >= 0.6 is 35.1 Å². The summed E-state index contributed by atoms with van der Waals surface area (Å²) in [5.74, 6) is 0.807. The second kappa shape index (κ2) is 18.1. The molecule has 1 heterocycles. The summed E-state index contributed by atoms with van der Waals surface area (Å²) in [6, 6.07) is 28.4. The van der Waals surface area contributed by atoms with Gasteiger partial charge in [0.05, 0.1) is 21.3 Å². The molecular formula is C37H35N5O6S3. The Balaban J connectivity index is 1.37. The molecule has 262 valence electrons. The van der Waals surface area contributed by atoms with E-state index < -0.39 is 17.1 Å². The van der Waals surface area contributed by atoms with Crippen LogP contribution in [0.3, 0.4) is 0 Å². The Labute approximate surface area is 308 Å². The van der Waals surface area contributed by atoms with Crippen molar-refractivity contribution < 1.29 is 28.6 Å². The molecule has 0 spiro atoms. The number of amides is 3. The zero-order valence-corrected chi connectivity index (χ0v) is 30.6. The van der Waals surface area contributed by atoms with Crippen molar-refractivity contribution in [2.24, 2.45) is 0 Å². The molecule has 3 amide bonds. The largest absolute Gasteiger partial charge is 0.496 e.